The van der Waals surface area contributed by atoms with Crippen LogP contribution in [0, 0.1) is 0 Å². The third-order valence-electron chi connectivity index (χ3n) is 4.85. The number of urea groups is 1. The summed E-state index contributed by atoms with van der Waals surface area (Å²) in [7, 11) is 0. The van der Waals surface area contributed by atoms with Gasteiger partial charge in [0.1, 0.15) is 5.54 Å². The van der Waals surface area contributed by atoms with Crippen LogP contribution in [0.4, 0.5) is 4.79 Å². The molecule has 2 aromatic rings. The molecule has 2 N–H and O–H groups in total. The van der Waals surface area contributed by atoms with Crippen molar-refractivity contribution in [2.45, 2.75) is 41.5 Å². The maximum Gasteiger partial charge on any atom is 0.322 e. The first-order valence-corrected chi connectivity index (χ1v) is 10.7. The van der Waals surface area contributed by atoms with Crippen LogP contribution < -0.4 is 10.6 Å². The lowest BCUT2D eigenvalue weighted by atomic mass is 9.72. The van der Waals surface area contributed by atoms with E-state index in [0.717, 1.165) is 0 Å². The van der Waals surface area contributed by atoms with Crippen molar-refractivity contribution in [3.8, 4) is 0 Å². The summed E-state index contributed by atoms with van der Waals surface area (Å²) in [4.78, 5) is 42.5. The zero-order valence-corrected chi connectivity index (χ0v) is 17.0. The number of rotatable bonds is 6. The highest BCUT2D eigenvalue weighted by Gasteiger charge is 2.55. The van der Waals surface area contributed by atoms with Gasteiger partial charge in [0.05, 0.1) is 11.4 Å². The number of thioether (sulfide) groups is 2. The van der Waals surface area contributed by atoms with Gasteiger partial charge in [-0.15, -0.1) is 0 Å². The number of hydrogen-bond acceptors (Lipinski definition) is 8. The first-order valence-electron chi connectivity index (χ1n) is 8.29. The van der Waals surface area contributed by atoms with Gasteiger partial charge in [-0.2, -0.15) is 0 Å². The van der Waals surface area contributed by atoms with Crippen molar-refractivity contribution in [2.75, 3.05) is 12.5 Å². The summed E-state index contributed by atoms with van der Waals surface area (Å²) in [5.74, 6) is -1.19. The van der Waals surface area contributed by atoms with E-state index in [9.17, 15) is 9.59 Å². The lowest BCUT2D eigenvalue weighted by molar-refractivity contribution is -0.125. The third kappa shape index (κ3) is 3.51. The molecular weight excluding hydrogens is 384 g/mol. The van der Waals surface area contributed by atoms with Gasteiger partial charge in [-0.25, -0.2) is 24.7 Å². The fourth-order valence-electron chi connectivity index (χ4n) is 3.32. The maximum atomic E-state index is 13.0. The second kappa shape index (κ2) is 7.81. The van der Waals surface area contributed by atoms with Crippen molar-refractivity contribution < 1.29 is 9.59 Å². The normalized spacial score (nSPS) is 21.5. The Morgan fingerprint density at radius 3 is 1.78 bits per heavy atom. The Kier molecular flexibility index (Phi) is 5.66. The molecule has 0 radical (unpaired) electrons. The van der Waals surface area contributed by atoms with Crippen LogP contribution in [0.2, 0.25) is 0 Å². The fraction of sp³-hybridized carbons (Fsp3) is 0.412. The summed E-state index contributed by atoms with van der Waals surface area (Å²) >= 11 is 2.84. The molecule has 2 aromatic heterocycles. The minimum atomic E-state index is -1.22. The van der Waals surface area contributed by atoms with Gasteiger partial charge >= 0.3 is 6.03 Å². The second-order valence-corrected chi connectivity index (χ2v) is 7.70. The van der Waals surface area contributed by atoms with Crippen LogP contribution in [0.5, 0.6) is 0 Å². The van der Waals surface area contributed by atoms with Crippen molar-refractivity contribution in [3.63, 3.8) is 0 Å². The molecule has 2 atom stereocenters. The van der Waals surface area contributed by atoms with Crippen molar-refractivity contribution in [2.24, 2.45) is 0 Å². The molecule has 1 saturated heterocycles. The van der Waals surface area contributed by atoms with Gasteiger partial charge in [0, 0.05) is 24.2 Å². The predicted molar refractivity (Wildman–Crippen MR) is 104 cm³/mol. The number of carbonyl (C=O) groups is 2. The van der Waals surface area contributed by atoms with Crippen LogP contribution in [-0.2, 0) is 4.79 Å². The molecular formula is C17H20N6O2S2. The Bertz CT molecular complexity index is 825. The van der Waals surface area contributed by atoms with E-state index in [2.05, 4.69) is 30.6 Å². The van der Waals surface area contributed by atoms with Crippen molar-refractivity contribution in [1.82, 2.24) is 30.6 Å². The number of nitrogens with one attached hydrogen (secondary N) is 2. The van der Waals surface area contributed by atoms with E-state index < -0.39 is 23.4 Å². The van der Waals surface area contributed by atoms with Crippen molar-refractivity contribution in [3.05, 3.63) is 35.9 Å². The van der Waals surface area contributed by atoms with Gasteiger partial charge in [0.25, 0.3) is 5.91 Å². The molecule has 0 aromatic carbocycles. The summed E-state index contributed by atoms with van der Waals surface area (Å²) in [6.07, 6.45) is 7.09. The molecule has 1 fully saturated rings. The molecule has 3 rings (SSSR count). The summed E-state index contributed by atoms with van der Waals surface area (Å²) in [5, 5.41) is 6.45. The van der Waals surface area contributed by atoms with Crippen LogP contribution in [0.3, 0.4) is 0 Å². The highest BCUT2D eigenvalue weighted by Crippen LogP contribution is 2.40. The summed E-state index contributed by atoms with van der Waals surface area (Å²) in [6.45, 7) is 3.76. The van der Waals surface area contributed by atoms with Crippen LogP contribution in [0.25, 0.3) is 0 Å². The quantitative estimate of drug-likeness (QED) is 0.428. The zero-order valence-electron chi connectivity index (χ0n) is 15.4. The van der Waals surface area contributed by atoms with Gasteiger partial charge in [-0.05, 0) is 24.6 Å². The van der Waals surface area contributed by atoms with E-state index in [-0.39, 0.29) is 5.91 Å². The Hall–Kier alpha value is -2.20. The van der Waals surface area contributed by atoms with E-state index in [1.165, 1.54) is 23.5 Å². The topological polar surface area (TPSA) is 110 Å². The molecule has 1 aliphatic rings. The Morgan fingerprint density at radius 2 is 1.41 bits per heavy atom. The SMILES string of the molecule is CSc1nccc(C(C)C2(C(C)c3ccnc(SC)n3)NC(=O)NC2=O)n1. The van der Waals surface area contributed by atoms with Gasteiger partial charge < -0.3 is 5.32 Å². The van der Waals surface area contributed by atoms with Crippen LogP contribution >= 0.6 is 23.5 Å². The largest absolute Gasteiger partial charge is 0.322 e. The number of nitrogens with zero attached hydrogens (tertiary/aromatic N) is 4. The van der Waals surface area contributed by atoms with Crippen molar-refractivity contribution >= 4 is 35.5 Å². The summed E-state index contributed by atoms with van der Waals surface area (Å²) in [6, 6.07) is 3.02. The highest BCUT2D eigenvalue weighted by molar-refractivity contribution is 7.98. The molecule has 27 heavy (non-hydrogen) atoms. The zero-order chi connectivity index (χ0) is 19.6. The lowest BCUT2D eigenvalue weighted by Crippen LogP contribution is -2.55. The average molecular weight is 405 g/mol. The van der Waals surface area contributed by atoms with Crippen LogP contribution in [-0.4, -0.2) is 49.9 Å². The van der Waals surface area contributed by atoms with Crippen LogP contribution in [0.15, 0.2) is 34.8 Å². The average Bonchev–Trinajstić information content (AvgIpc) is 3.01. The minimum absolute atomic E-state index is 0.388. The van der Waals surface area contributed by atoms with E-state index in [4.69, 9.17) is 0 Å². The molecule has 10 heteroatoms. The second-order valence-electron chi connectivity index (χ2n) is 6.16. The van der Waals surface area contributed by atoms with Crippen molar-refractivity contribution in [1.29, 1.82) is 0 Å². The van der Waals surface area contributed by atoms with Gasteiger partial charge in [-0.3, -0.25) is 10.1 Å². The minimum Gasteiger partial charge on any atom is -0.322 e. The summed E-state index contributed by atoms with van der Waals surface area (Å²) in [5.41, 5.74) is 0.140. The van der Waals surface area contributed by atoms with E-state index in [1.807, 2.05) is 26.4 Å². The molecule has 0 aliphatic carbocycles. The highest BCUT2D eigenvalue weighted by atomic mass is 32.2. The molecule has 142 valence electrons. The Balaban J connectivity index is 2.09. The first-order chi connectivity index (χ1) is 12.9. The first kappa shape index (κ1) is 19.6. The molecule has 2 unspecified atom stereocenters. The van der Waals surface area contributed by atoms with E-state index in [1.54, 1.807) is 24.5 Å². The molecule has 0 spiro atoms. The number of amides is 3. The molecule has 3 heterocycles. The molecule has 8 nitrogen and oxygen atoms in total. The predicted octanol–water partition coefficient (Wildman–Crippen LogP) is 2.20. The summed E-state index contributed by atoms with van der Waals surface area (Å²) < 4.78 is 0. The lowest BCUT2D eigenvalue weighted by Gasteiger charge is -2.37. The molecule has 0 saturated carbocycles. The smallest absolute Gasteiger partial charge is 0.322 e. The number of hydrogen-bond donors (Lipinski definition) is 2. The van der Waals surface area contributed by atoms with Gasteiger partial charge in [0.15, 0.2) is 10.3 Å². The van der Waals surface area contributed by atoms with Gasteiger partial charge in [0.2, 0.25) is 0 Å². The van der Waals surface area contributed by atoms with E-state index >= 15 is 0 Å². The number of carbonyl (C=O) groups excluding carboxylic acids is 2. The third-order valence-corrected chi connectivity index (χ3v) is 5.98. The monoisotopic (exact) mass is 404 g/mol. The Labute approximate surface area is 165 Å². The number of aromatic nitrogens is 4. The maximum absolute atomic E-state index is 13.0. The molecule has 0 bridgehead atoms. The van der Waals surface area contributed by atoms with Crippen LogP contribution in [0.1, 0.15) is 37.1 Å². The van der Waals surface area contributed by atoms with E-state index in [0.29, 0.717) is 21.7 Å². The van der Waals surface area contributed by atoms with Gasteiger partial charge in [-0.1, -0.05) is 37.4 Å². The molecule has 1 aliphatic heterocycles. The fourth-order valence-corrected chi connectivity index (χ4v) is 4.05. The number of imide groups is 1. The standard InChI is InChI=1S/C17H20N6O2S2/c1-9(11-5-7-18-15(20-11)26-3)17(13(24)22-14(25)23-17)10(2)12-6-8-19-16(21-12)27-4/h5-10H,1-4H3,(H2,22,23,24,25). The molecule has 3 amide bonds. The Morgan fingerprint density at radius 1 is 0.926 bits per heavy atom.